The summed E-state index contributed by atoms with van der Waals surface area (Å²) in [5.41, 5.74) is 5.68. The van der Waals surface area contributed by atoms with Crippen LogP contribution in [0.2, 0.25) is 5.02 Å². The molecule has 0 radical (unpaired) electrons. The molecule has 1 aliphatic heterocycles. The van der Waals surface area contributed by atoms with Crippen molar-refractivity contribution >= 4 is 28.8 Å². The zero-order valence-corrected chi connectivity index (χ0v) is 20.7. The lowest BCUT2D eigenvalue weighted by Gasteiger charge is -2.30. The van der Waals surface area contributed by atoms with Crippen molar-refractivity contribution in [2.24, 2.45) is 0 Å². The minimum absolute atomic E-state index is 0.0966. The molecule has 0 aromatic heterocycles. The molecule has 0 amide bonds. The fourth-order valence-corrected chi connectivity index (χ4v) is 5.16. The number of halogens is 1. The number of benzene rings is 3. The summed E-state index contributed by atoms with van der Waals surface area (Å²) in [7, 11) is 1.60. The molecule has 5 nitrogen and oxygen atoms in total. The molecule has 2 N–H and O–H groups in total. The normalized spacial score (nSPS) is 19.1. The first kappa shape index (κ1) is 23.3. The Morgan fingerprint density at radius 3 is 2.43 bits per heavy atom. The van der Waals surface area contributed by atoms with Crippen LogP contribution in [0.4, 0.5) is 11.4 Å². The predicted octanol–water partition coefficient (Wildman–Crippen LogP) is 7.12. The Labute approximate surface area is 211 Å². The van der Waals surface area contributed by atoms with Crippen molar-refractivity contribution < 1.29 is 14.3 Å². The number of carbonyl (C=O) groups is 1. The molecule has 6 heteroatoms. The van der Waals surface area contributed by atoms with Gasteiger partial charge in [0.25, 0.3) is 0 Å². The highest BCUT2D eigenvalue weighted by Crippen LogP contribution is 2.45. The lowest BCUT2D eigenvalue weighted by Crippen LogP contribution is -2.26. The van der Waals surface area contributed by atoms with Crippen LogP contribution in [0.1, 0.15) is 49.3 Å². The van der Waals surface area contributed by atoms with Crippen LogP contribution in [0.25, 0.3) is 0 Å². The van der Waals surface area contributed by atoms with Gasteiger partial charge in [-0.05, 0) is 66.3 Å². The van der Waals surface area contributed by atoms with Crippen LogP contribution in [-0.4, -0.2) is 19.5 Å². The molecule has 0 saturated carbocycles. The second kappa shape index (κ2) is 10.0. The van der Waals surface area contributed by atoms with Crippen LogP contribution >= 0.6 is 11.6 Å². The maximum absolute atomic E-state index is 13.7. The molecule has 2 aliphatic rings. The van der Waals surface area contributed by atoms with E-state index in [9.17, 15) is 4.79 Å². The van der Waals surface area contributed by atoms with Gasteiger partial charge in [-0.1, -0.05) is 48.9 Å². The van der Waals surface area contributed by atoms with Crippen molar-refractivity contribution in [2.75, 3.05) is 24.4 Å². The number of ether oxygens (including phenoxy) is 2. The fourth-order valence-electron chi connectivity index (χ4n) is 4.90. The van der Waals surface area contributed by atoms with E-state index in [1.807, 2.05) is 54.6 Å². The first-order chi connectivity index (χ1) is 17.1. The molecule has 0 spiro atoms. The number of nitrogens with one attached hydrogen (secondary N) is 2. The van der Waals surface area contributed by atoms with Gasteiger partial charge in [0.2, 0.25) is 0 Å². The minimum Gasteiger partial charge on any atom is -0.495 e. The number of rotatable bonds is 6. The van der Waals surface area contributed by atoms with E-state index in [2.05, 4.69) is 29.7 Å². The summed E-state index contributed by atoms with van der Waals surface area (Å²) in [5, 5.41) is 7.70. The van der Waals surface area contributed by atoms with Crippen LogP contribution < -0.4 is 20.1 Å². The highest BCUT2D eigenvalue weighted by Gasteiger charge is 2.36. The van der Waals surface area contributed by atoms with Crippen molar-refractivity contribution in [3.8, 4) is 11.5 Å². The number of para-hydroxylation sites is 2. The molecule has 0 fully saturated rings. The van der Waals surface area contributed by atoms with Gasteiger partial charge in [-0.2, -0.15) is 0 Å². The van der Waals surface area contributed by atoms with Gasteiger partial charge < -0.3 is 20.1 Å². The van der Waals surface area contributed by atoms with Gasteiger partial charge >= 0.3 is 0 Å². The van der Waals surface area contributed by atoms with Crippen LogP contribution in [0.5, 0.6) is 11.5 Å². The number of hydrogen-bond donors (Lipinski definition) is 2. The fraction of sp³-hybridized carbons (Fsp3) is 0.276. The zero-order valence-electron chi connectivity index (χ0n) is 19.9. The Morgan fingerprint density at radius 2 is 1.71 bits per heavy atom. The molecule has 180 valence electrons. The van der Waals surface area contributed by atoms with E-state index < -0.39 is 0 Å². The monoisotopic (exact) mass is 488 g/mol. The SMILES string of the molecule is CCCOc1ccc(C2CC(=O)C3=C(C2)Nc2ccccc2NC3c2ccc(OC)c(Cl)c2)cc1. The molecule has 0 bridgehead atoms. The third-order valence-electron chi connectivity index (χ3n) is 6.64. The van der Waals surface area contributed by atoms with Gasteiger partial charge in [-0.15, -0.1) is 0 Å². The van der Waals surface area contributed by atoms with Gasteiger partial charge in [0.05, 0.1) is 36.2 Å². The summed E-state index contributed by atoms with van der Waals surface area (Å²) >= 11 is 6.47. The molecule has 2 atom stereocenters. The van der Waals surface area contributed by atoms with Crippen LogP contribution in [-0.2, 0) is 4.79 Å². The van der Waals surface area contributed by atoms with Crippen molar-refractivity contribution in [1.29, 1.82) is 0 Å². The number of ketones is 1. The van der Waals surface area contributed by atoms with E-state index in [4.69, 9.17) is 21.1 Å². The smallest absolute Gasteiger partial charge is 0.163 e. The lowest BCUT2D eigenvalue weighted by atomic mass is 9.78. The lowest BCUT2D eigenvalue weighted by molar-refractivity contribution is -0.116. The molecule has 1 heterocycles. The summed E-state index contributed by atoms with van der Waals surface area (Å²) in [4.78, 5) is 13.7. The number of hydrogen-bond acceptors (Lipinski definition) is 5. The average Bonchev–Trinajstić information content (AvgIpc) is 3.04. The van der Waals surface area contributed by atoms with E-state index >= 15 is 0 Å². The quantitative estimate of drug-likeness (QED) is 0.387. The molecule has 3 aromatic rings. The number of carbonyl (C=O) groups excluding carboxylic acids is 1. The Kier molecular flexibility index (Phi) is 6.69. The first-order valence-electron chi connectivity index (χ1n) is 12.0. The Morgan fingerprint density at radius 1 is 0.971 bits per heavy atom. The molecule has 0 saturated heterocycles. The predicted molar refractivity (Wildman–Crippen MR) is 141 cm³/mol. The van der Waals surface area contributed by atoms with Crippen LogP contribution in [0, 0.1) is 0 Å². The molecule has 5 rings (SSSR count). The minimum atomic E-state index is -0.317. The molecule has 2 unspecified atom stereocenters. The van der Waals surface area contributed by atoms with Crippen molar-refractivity contribution in [3.63, 3.8) is 0 Å². The topological polar surface area (TPSA) is 59.6 Å². The Balaban J connectivity index is 1.52. The molecule has 35 heavy (non-hydrogen) atoms. The van der Waals surface area contributed by atoms with Gasteiger partial charge in [0.15, 0.2) is 5.78 Å². The summed E-state index contributed by atoms with van der Waals surface area (Å²) in [6.45, 7) is 2.79. The maximum atomic E-state index is 13.7. The largest absolute Gasteiger partial charge is 0.495 e. The first-order valence-corrected chi connectivity index (χ1v) is 12.4. The van der Waals surface area contributed by atoms with E-state index in [1.54, 1.807) is 7.11 Å². The van der Waals surface area contributed by atoms with E-state index in [0.29, 0.717) is 23.8 Å². The van der Waals surface area contributed by atoms with Gasteiger partial charge in [-0.25, -0.2) is 0 Å². The summed E-state index contributed by atoms with van der Waals surface area (Å²) in [6.07, 6.45) is 2.16. The highest BCUT2D eigenvalue weighted by molar-refractivity contribution is 6.32. The summed E-state index contributed by atoms with van der Waals surface area (Å²) < 4.78 is 11.1. The van der Waals surface area contributed by atoms with Gasteiger partial charge in [-0.3, -0.25) is 4.79 Å². The third kappa shape index (κ3) is 4.73. The highest BCUT2D eigenvalue weighted by atomic mass is 35.5. The maximum Gasteiger partial charge on any atom is 0.163 e. The van der Waals surface area contributed by atoms with Crippen molar-refractivity contribution in [3.05, 3.63) is 94.1 Å². The average molecular weight is 489 g/mol. The van der Waals surface area contributed by atoms with E-state index in [0.717, 1.165) is 52.4 Å². The van der Waals surface area contributed by atoms with E-state index in [-0.39, 0.29) is 17.7 Å². The second-order valence-electron chi connectivity index (χ2n) is 8.98. The van der Waals surface area contributed by atoms with Crippen LogP contribution in [0.15, 0.2) is 78.0 Å². The van der Waals surface area contributed by atoms with Crippen molar-refractivity contribution in [2.45, 2.75) is 38.1 Å². The molecule has 1 aliphatic carbocycles. The standard InChI is InChI=1S/C29H29ClN2O3/c1-3-14-35-21-11-8-18(9-12-21)20-16-25-28(26(33)17-20)29(19-10-13-27(34-2)22(30)15-19)32-24-7-5-4-6-23(24)31-25/h4-13,15,20,29,31-32H,3,14,16-17H2,1-2H3. The van der Waals surface area contributed by atoms with E-state index in [1.165, 1.54) is 0 Å². The van der Waals surface area contributed by atoms with Gasteiger partial charge in [0, 0.05) is 17.7 Å². The number of fused-ring (bicyclic) bond motifs is 1. The van der Waals surface area contributed by atoms with Crippen molar-refractivity contribution in [1.82, 2.24) is 0 Å². The summed E-state index contributed by atoms with van der Waals surface area (Å²) in [6, 6.07) is 21.6. The zero-order chi connectivity index (χ0) is 24.4. The van der Waals surface area contributed by atoms with Gasteiger partial charge in [0.1, 0.15) is 11.5 Å². The number of allylic oxidation sites excluding steroid dienone is 1. The third-order valence-corrected chi connectivity index (χ3v) is 6.94. The molecule has 3 aromatic carbocycles. The van der Waals surface area contributed by atoms with Crippen LogP contribution in [0.3, 0.4) is 0 Å². The Hall–Kier alpha value is -3.44. The number of anilines is 2. The number of methoxy groups -OCH3 is 1. The summed E-state index contributed by atoms with van der Waals surface area (Å²) in [5.74, 6) is 1.70. The Bertz CT molecular complexity index is 1270. The number of Topliss-reactive ketones (excluding diaryl/α,β-unsaturated/α-hetero) is 1. The second-order valence-corrected chi connectivity index (χ2v) is 9.39. The molecular weight excluding hydrogens is 460 g/mol. The molecular formula is C29H29ClN2O3.